The van der Waals surface area contributed by atoms with Crippen molar-refractivity contribution in [3.05, 3.63) is 10.8 Å². The molecular formula is C13H19N5S2. The topological polar surface area (TPSA) is 44.3 Å². The smallest absolute Gasteiger partial charge is 0.186 e. The third kappa shape index (κ3) is 2.94. The maximum atomic E-state index is 4.74. The Balaban J connectivity index is 1.72. The Bertz CT molecular complexity index is 557. The molecule has 2 aromatic heterocycles. The molecule has 0 saturated carbocycles. The van der Waals surface area contributed by atoms with Crippen LogP contribution < -0.4 is 10.2 Å². The Kier molecular flexibility index (Phi) is 4.18. The predicted molar refractivity (Wildman–Crippen MR) is 87.1 cm³/mol. The van der Waals surface area contributed by atoms with Gasteiger partial charge in [-0.2, -0.15) is 0 Å². The number of nitrogens with one attached hydrogen (secondary N) is 1. The summed E-state index contributed by atoms with van der Waals surface area (Å²) in [6.45, 7) is 7.31. The third-order valence-corrected chi connectivity index (χ3v) is 5.06. The van der Waals surface area contributed by atoms with E-state index >= 15 is 0 Å². The van der Waals surface area contributed by atoms with E-state index in [1.807, 2.05) is 0 Å². The van der Waals surface area contributed by atoms with Crippen molar-refractivity contribution in [3.8, 4) is 11.4 Å². The fraction of sp³-hybridized carbons (Fsp3) is 0.538. The molecule has 0 amide bonds. The number of hydrogen-bond acceptors (Lipinski definition) is 7. The van der Waals surface area contributed by atoms with Crippen LogP contribution in [0, 0.1) is 0 Å². The first kappa shape index (κ1) is 13.8. The van der Waals surface area contributed by atoms with Gasteiger partial charge in [-0.3, -0.25) is 0 Å². The van der Waals surface area contributed by atoms with Gasteiger partial charge in [0.15, 0.2) is 10.3 Å². The normalized spacial score (nSPS) is 16.6. The minimum absolute atomic E-state index is 0.899. The number of rotatable bonds is 4. The zero-order valence-corrected chi connectivity index (χ0v) is 13.4. The lowest BCUT2D eigenvalue weighted by molar-refractivity contribution is 0.313. The van der Waals surface area contributed by atoms with Crippen LogP contribution in [0.2, 0.25) is 0 Å². The van der Waals surface area contributed by atoms with Gasteiger partial charge >= 0.3 is 0 Å². The van der Waals surface area contributed by atoms with Crippen LogP contribution in [0.3, 0.4) is 0 Å². The summed E-state index contributed by atoms with van der Waals surface area (Å²) in [7, 11) is 2.17. The minimum atomic E-state index is 0.899. The maximum absolute atomic E-state index is 4.74. The summed E-state index contributed by atoms with van der Waals surface area (Å²) >= 11 is 3.35. The Labute approximate surface area is 127 Å². The molecule has 0 radical (unpaired) electrons. The quantitative estimate of drug-likeness (QED) is 0.940. The molecule has 0 spiro atoms. The van der Waals surface area contributed by atoms with Gasteiger partial charge in [0.05, 0.1) is 0 Å². The van der Waals surface area contributed by atoms with Gasteiger partial charge in [0, 0.05) is 43.5 Å². The lowest BCUT2D eigenvalue weighted by atomic mass is 10.3. The van der Waals surface area contributed by atoms with E-state index in [1.165, 1.54) is 0 Å². The predicted octanol–water partition coefficient (Wildman–Crippen LogP) is 2.45. The summed E-state index contributed by atoms with van der Waals surface area (Å²) in [4.78, 5) is 14.0. The number of hydrogen-bond donors (Lipinski definition) is 1. The number of thiazole rings is 2. The van der Waals surface area contributed by atoms with Crippen LogP contribution in [0.5, 0.6) is 0 Å². The second-order valence-corrected chi connectivity index (χ2v) is 6.57. The van der Waals surface area contributed by atoms with Gasteiger partial charge in [-0.15, -0.1) is 22.7 Å². The molecule has 3 heterocycles. The van der Waals surface area contributed by atoms with Crippen LogP contribution in [-0.4, -0.2) is 54.6 Å². The van der Waals surface area contributed by atoms with Crippen LogP contribution in [-0.2, 0) is 0 Å². The van der Waals surface area contributed by atoms with Crippen molar-refractivity contribution in [2.24, 2.45) is 0 Å². The van der Waals surface area contributed by atoms with Crippen molar-refractivity contribution in [1.29, 1.82) is 0 Å². The second kappa shape index (κ2) is 6.07. The molecule has 1 aliphatic rings. The number of aromatic nitrogens is 2. The standard InChI is InChI=1S/C13H19N5S2/c1-3-14-12-15-10(8-19-12)11-9-20-13(16-11)18-6-4-17(2)5-7-18/h8-9H,3-7H2,1-2H3,(H,14,15). The molecule has 1 N–H and O–H groups in total. The fourth-order valence-electron chi connectivity index (χ4n) is 2.15. The molecule has 1 fully saturated rings. The van der Waals surface area contributed by atoms with Crippen LogP contribution in [0.4, 0.5) is 10.3 Å². The second-order valence-electron chi connectivity index (χ2n) is 4.87. The summed E-state index contributed by atoms with van der Waals surface area (Å²) in [6.07, 6.45) is 0. The first-order valence-electron chi connectivity index (χ1n) is 6.85. The summed E-state index contributed by atoms with van der Waals surface area (Å²) in [5, 5.41) is 9.51. The molecule has 0 unspecified atom stereocenters. The Morgan fingerprint density at radius 1 is 1.10 bits per heavy atom. The van der Waals surface area contributed by atoms with Gasteiger partial charge in [-0.1, -0.05) is 0 Å². The summed E-state index contributed by atoms with van der Waals surface area (Å²) in [5.74, 6) is 0. The van der Waals surface area contributed by atoms with E-state index in [0.29, 0.717) is 0 Å². The molecule has 0 aliphatic carbocycles. The molecular weight excluding hydrogens is 290 g/mol. The van der Waals surface area contributed by atoms with Crippen molar-refractivity contribution < 1.29 is 0 Å². The van der Waals surface area contributed by atoms with Crippen molar-refractivity contribution >= 4 is 32.9 Å². The molecule has 20 heavy (non-hydrogen) atoms. The molecule has 5 nitrogen and oxygen atoms in total. The molecule has 1 saturated heterocycles. The lowest BCUT2D eigenvalue weighted by Crippen LogP contribution is -2.44. The molecule has 0 aromatic carbocycles. The average molecular weight is 309 g/mol. The average Bonchev–Trinajstić information content (AvgIpc) is 3.08. The van der Waals surface area contributed by atoms with E-state index in [-0.39, 0.29) is 0 Å². The number of piperazine rings is 1. The molecule has 0 bridgehead atoms. The maximum Gasteiger partial charge on any atom is 0.186 e. The Morgan fingerprint density at radius 2 is 1.80 bits per heavy atom. The first-order chi connectivity index (χ1) is 9.76. The molecule has 1 aliphatic heterocycles. The van der Waals surface area contributed by atoms with E-state index in [2.05, 4.69) is 44.8 Å². The highest BCUT2D eigenvalue weighted by atomic mass is 32.1. The molecule has 0 atom stereocenters. The zero-order chi connectivity index (χ0) is 13.9. The van der Waals surface area contributed by atoms with Crippen LogP contribution in [0.25, 0.3) is 11.4 Å². The first-order valence-corrected chi connectivity index (χ1v) is 8.61. The van der Waals surface area contributed by atoms with Crippen molar-refractivity contribution in [2.45, 2.75) is 6.92 Å². The largest absolute Gasteiger partial charge is 0.362 e. The van der Waals surface area contributed by atoms with E-state index in [0.717, 1.165) is 54.4 Å². The van der Waals surface area contributed by atoms with Gasteiger partial charge in [0.25, 0.3) is 0 Å². The van der Waals surface area contributed by atoms with Crippen molar-refractivity contribution in [2.75, 3.05) is 50.0 Å². The lowest BCUT2D eigenvalue weighted by Gasteiger charge is -2.32. The third-order valence-electron chi connectivity index (χ3n) is 3.36. The Morgan fingerprint density at radius 3 is 2.55 bits per heavy atom. The van der Waals surface area contributed by atoms with E-state index in [9.17, 15) is 0 Å². The summed E-state index contributed by atoms with van der Waals surface area (Å²) < 4.78 is 0. The zero-order valence-electron chi connectivity index (χ0n) is 11.8. The molecule has 108 valence electrons. The minimum Gasteiger partial charge on any atom is -0.362 e. The van der Waals surface area contributed by atoms with E-state index < -0.39 is 0 Å². The van der Waals surface area contributed by atoms with Gasteiger partial charge < -0.3 is 15.1 Å². The molecule has 3 rings (SSSR count). The van der Waals surface area contributed by atoms with Gasteiger partial charge in [-0.25, -0.2) is 9.97 Å². The van der Waals surface area contributed by atoms with E-state index in [1.54, 1.807) is 22.7 Å². The van der Waals surface area contributed by atoms with Gasteiger partial charge in [0.2, 0.25) is 0 Å². The molecule has 2 aromatic rings. The van der Waals surface area contributed by atoms with Crippen LogP contribution in [0.15, 0.2) is 10.8 Å². The number of anilines is 2. The summed E-state index contributed by atoms with van der Waals surface area (Å²) in [5.41, 5.74) is 1.96. The highest BCUT2D eigenvalue weighted by molar-refractivity contribution is 7.14. The fourth-order valence-corrected chi connectivity index (χ4v) is 3.80. The van der Waals surface area contributed by atoms with Crippen molar-refractivity contribution in [1.82, 2.24) is 14.9 Å². The highest BCUT2D eigenvalue weighted by Gasteiger charge is 2.18. The van der Waals surface area contributed by atoms with E-state index in [4.69, 9.17) is 4.98 Å². The molecule has 7 heteroatoms. The monoisotopic (exact) mass is 309 g/mol. The van der Waals surface area contributed by atoms with Gasteiger partial charge in [0.1, 0.15) is 11.4 Å². The van der Waals surface area contributed by atoms with Crippen LogP contribution >= 0.6 is 22.7 Å². The summed E-state index contributed by atoms with van der Waals surface area (Å²) in [6, 6.07) is 0. The van der Waals surface area contributed by atoms with Crippen molar-refractivity contribution in [3.63, 3.8) is 0 Å². The highest BCUT2D eigenvalue weighted by Crippen LogP contribution is 2.30. The van der Waals surface area contributed by atoms with Crippen LogP contribution in [0.1, 0.15) is 6.92 Å². The number of nitrogens with zero attached hydrogens (tertiary/aromatic N) is 4. The number of likely N-dealkylation sites (N-methyl/N-ethyl adjacent to an activating group) is 1. The Hall–Kier alpha value is -1.18. The van der Waals surface area contributed by atoms with Gasteiger partial charge in [-0.05, 0) is 14.0 Å². The SMILES string of the molecule is CCNc1nc(-c2csc(N3CCN(C)CC3)n2)cs1.